The predicted molar refractivity (Wildman–Crippen MR) is 79.3 cm³/mol. The Balaban J connectivity index is 2.30. The fourth-order valence-electron chi connectivity index (χ4n) is 2.66. The third-order valence-electron chi connectivity index (χ3n) is 3.97. The Bertz CT molecular complexity index is 475. The number of nitrogens with one attached hydrogen (secondary N) is 1. The molecular weight excluding hydrogens is 234 g/mol. The van der Waals surface area contributed by atoms with E-state index >= 15 is 0 Å². The smallest absolute Gasteiger partial charge is 0.0643 e. The molecule has 1 aliphatic rings. The zero-order valence-corrected chi connectivity index (χ0v) is 12.1. The second-order valence-corrected chi connectivity index (χ2v) is 5.70. The zero-order valence-electron chi connectivity index (χ0n) is 12.1. The SMILES string of the molecule is Cc1ccc(N2CC(C)CNCC2CC#N)cc1C. The van der Waals surface area contributed by atoms with Crippen molar-refractivity contribution >= 4 is 5.69 Å². The van der Waals surface area contributed by atoms with Crippen molar-refractivity contribution in [1.29, 1.82) is 5.26 Å². The van der Waals surface area contributed by atoms with Crippen LogP contribution >= 0.6 is 0 Å². The van der Waals surface area contributed by atoms with Gasteiger partial charge in [-0.15, -0.1) is 0 Å². The molecule has 0 spiro atoms. The van der Waals surface area contributed by atoms with Gasteiger partial charge in [-0.25, -0.2) is 0 Å². The summed E-state index contributed by atoms with van der Waals surface area (Å²) in [7, 11) is 0. The molecule has 1 heterocycles. The average Bonchev–Trinajstić information content (AvgIpc) is 2.56. The normalized spacial score (nSPS) is 23.8. The van der Waals surface area contributed by atoms with E-state index in [0.29, 0.717) is 12.3 Å². The summed E-state index contributed by atoms with van der Waals surface area (Å²) < 4.78 is 0. The molecule has 0 aromatic heterocycles. The third kappa shape index (κ3) is 3.27. The van der Waals surface area contributed by atoms with E-state index in [1.807, 2.05) is 0 Å². The van der Waals surface area contributed by atoms with Crippen LogP contribution < -0.4 is 10.2 Å². The Morgan fingerprint density at radius 1 is 1.32 bits per heavy atom. The van der Waals surface area contributed by atoms with E-state index in [2.05, 4.69) is 55.3 Å². The minimum atomic E-state index is 0.275. The van der Waals surface area contributed by atoms with Crippen molar-refractivity contribution in [2.45, 2.75) is 33.2 Å². The van der Waals surface area contributed by atoms with E-state index in [-0.39, 0.29) is 6.04 Å². The van der Waals surface area contributed by atoms with Crippen LogP contribution in [0, 0.1) is 31.1 Å². The lowest BCUT2D eigenvalue weighted by molar-refractivity contribution is 0.563. The van der Waals surface area contributed by atoms with Gasteiger partial charge in [-0.3, -0.25) is 0 Å². The molecule has 0 bridgehead atoms. The van der Waals surface area contributed by atoms with Crippen LogP contribution in [-0.2, 0) is 0 Å². The van der Waals surface area contributed by atoms with Crippen molar-refractivity contribution in [3.8, 4) is 6.07 Å². The summed E-state index contributed by atoms with van der Waals surface area (Å²) in [6.07, 6.45) is 0.576. The molecule has 102 valence electrons. The summed E-state index contributed by atoms with van der Waals surface area (Å²) >= 11 is 0. The summed E-state index contributed by atoms with van der Waals surface area (Å²) in [4.78, 5) is 2.40. The minimum absolute atomic E-state index is 0.275. The van der Waals surface area contributed by atoms with Gasteiger partial charge in [0.15, 0.2) is 0 Å². The van der Waals surface area contributed by atoms with E-state index < -0.39 is 0 Å². The maximum atomic E-state index is 9.04. The first-order valence-electron chi connectivity index (χ1n) is 7.03. The first-order chi connectivity index (χ1) is 9.11. The van der Waals surface area contributed by atoms with Crippen LogP contribution in [-0.4, -0.2) is 25.7 Å². The standard InChI is InChI=1S/C16H23N3/c1-12-9-18-10-16(6-7-17)19(11-12)15-5-4-13(2)14(3)8-15/h4-5,8,12,16,18H,6,9-11H2,1-3H3. The highest BCUT2D eigenvalue weighted by molar-refractivity contribution is 5.52. The van der Waals surface area contributed by atoms with Crippen LogP contribution in [0.3, 0.4) is 0 Å². The molecule has 1 saturated heterocycles. The quantitative estimate of drug-likeness (QED) is 0.885. The summed E-state index contributed by atoms with van der Waals surface area (Å²) in [6.45, 7) is 9.49. The molecule has 0 radical (unpaired) electrons. The Kier molecular flexibility index (Phi) is 4.44. The predicted octanol–water partition coefficient (Wildman–Crippen LogP) is 2.63. The third-order valence-corrected chi connectivity index (χ3v) is 3.97. The molecule has 1 aromatic carbocycles. The second kappa shape index (κ2) is 6.08. The molecule has 3 heteroatoms. The molecule has 0 aliphatic carbocycles. The Hall–Kier alpha value is -1.53. The van der Waals surface area contributed by atoms with Gasteiger partial charge in [0, 0.05) is 18.8 Å². The topological polar surface area (TPSA) is 39.1 Å². The lowest BCUT2D eigenvalue weighted by atomic mass is 10.1. The summed E-state index contributed by atoms with van der Waals surface area (Å²) in [5.74, 6) is 0.602. The largest absolute Gasteiger partial charge is 0.366 e. The molecule has 1 fully saturated rings. The van der Waals surface area contributed by atoms with E-state index in [1.165, 1.54) is 16.8 Å². The van der Waals surface area contributed by atoms with Gasteiger partial charge in [0.25, 0.3) is 0 Å². The number of nitrogens with zero attached hydrogens (tertiary/aromatic N) is 2. The first-order valence-corrected chi connectivity index (χ1v) is 7.03. The molecular formula is C16H23N3. The van der Waals surface area contributed by atoms with Gasteiger partial charge in [-0.1, -0.05) is 13.0 Å². The molecule has 0 saturated carbocycles. The fourth-order valence-corrected chi connectivity index (χ4v) is 2.66. The van der Waals surface area contributed by atoms with Crippen LogP contribution in [0.15, 0.2) is 18.2 Å². The maximum Gasteiger partial charge on any atom is 0.0643 e. The number of aryl methyl sites for hydroxylation is 2. The summed E-state index contributed by atoms with van der Waals surface area (Å²) in [6, 6.07) is 9.21. The van der Waals surface area contributed by atoms with Gasteiger partial charge in [-0.2, -0.15) is 5.26 Å². The van der Waals surface area contributed by atoms with Gasteiger partial charge in [0.2, 0.25) is 0 Å². The fraction of sp³-hybridized carbons (Fsp3) is 0.562. The zero-order chi connectivity index (χ0) is 13.8. The van der Waals surface area contributed by atoms with Crippen molar-refractivity contribution < 1.29 is 0 Å². The van der Waals surface area contributed by atoms with Gasteiger partial charge in [0.05, 0.1) is 18.5 Å². The monoisotopic (exact) mass is 257 g/mol. The number of benzene rings is 1. The summed E-state index contributed by atoms with van der Waals surface area (Å²) in [5, 5.41) is 12.5. The highest BCUT2D eigenvalue weighted by Gasteiger charge is 2.24. The highest BCUT2D eigenvalue weighted by Crippen LogP contribution is 2.24. The van der Waals surface area contributed by atoms with Crippen LogP contribution in [0.25, 0.3) is 0 Å². The van der Waals surface area contributed by atoms with E-state index in [0.717, 1.165) is 19.6 Å². The molecule has 2 atom stereocenters. The maximum absolute atomic E-state index is 9.04. The van der Waals surface area contributed by atoms with Gasteiger partial charge in [-0.05, 0) is 49.6 Å². The Morgan fingerprint density at radius 3 is 2.79 bits per heavy atom. The molecule has 3 nitrogen and oxygen atoms in total. The van der Waals surface area contributed by atoms with E-state index in [1.54, 1.807) is 0 Å². The van der Waals surface area contributed by atoms with E-state index in [9.17, 15) is 0 Å². The van der Waals surface area contributed by atoms with Gasteiger partial charge >= 0.3 is 0 Å². The first kappa shape index (κ1) is 13.9. The van der Waals surface area contributed by atoms with Gasteiger partial charge in [0.1, 0.15) is 0 Å². The molecule has 1 aromatic rings. The second-order valence-electron chi connectivity index (χ2n) is 5.70. The molecule has 1 aliphatic heterocycles. The van der Waals surface area contributed by atoms with Crippen molar-refractivity contribution in [2.75, 3.05) is 24.5 Å². The molecule has 2 unspecified atom stereocenters. The van der Waals surface area contributed by atoms with Crippen molar-refractivity contribution in [3.63, 3.8) is 0 Å². The Morgan fingerprint density at radius 2 is 2.11 bits per heavy atom. The van der Waals surface area contributed by atoms with Gasteiger partial charge < -0.3 is 10.2 Å². The van der Waals surface area contributed by atoms with Crippen molar-refractivity contribution in [3.05, 3.63) is 29.3 Å². The lowest BCUT2D eigenvalue weighted by Crippen LogP contribution is -2.40. The number of anilines is 1. The Labute approximate surface area is 116 Å². The van der Waals surface area contributed by atoms with Crippen LogP contribution in [0.1, 0.15) is 24.5 Å². The van der Waals surface area contributed by atoms with Crippen molar-refractivity contribution in [1.82, 2.24) is 5.32 Å². The number of hydrogen-bond donors (Lipinski definition) is 1. The van der Waals surface area contributed by atoms with Crippen LogP contribution in [0.2, 0.25) is 0 Å². The van der Waals surface area contributed by atoms with E-state index in [4.69, 9.17) is 5.26 Å². The van der Waals surface area contributed by atoms with Crippen LogP contribution in [0.4, 0.5) is 5.69 Å². The molecule has 0 amide bonds. The van der Waals surface area contributed by atoms with Crippen LogP contribution in [0.5, 0.6) is 0 Å². The van der Waals surface area contributed by atoms with Crippen molar-refractivity contribution in [2.24, 2.45) is 5.92 Å². The highest BCUT2D eigenvalue weighted by atomic mass is 15.2. The molecule has 19 heavy (non-hydrogen) atoms. The molecule has 1 N–H and O–H groups in total. The number of rotatable bonds is 2. The lowest BCUT2D eigenvalue weighted by Gasteiger charge is -2.32. The number of nitriles is 1. The average molecular weight is 257 g/mol. The number of hydrogen-bond acceptors (Lipinski definition) is 3. The minimum Gasteiger partial charge on any atom is -0.366 e. The molecule has 2 rings (SSSR count). The summed E-state index contributed by atoms with van der Waals surface area (Å²) in [5.41, 5.74) is 3.89.